The Morgan fingerprint density at radius 2 is 1.53 bits per heavy atom. The average molecular weight is 492 g/mol. The number of imide groups is 1. The molecule has 2 aromatic rings. The number of hydrogen-bond donors (Lipinski definition) is 1. The minimum atomic E-state index is -1.22. The van der Waals surface area contributed by atoms with Crippen molar-refractivity contribution in [3.8, 4) is 5.75 Å². The minimum Gasteiger partial charge on any atom is -0.497 e. The van der Waals surface area contributed by atoms with Crippen LogP contribution in [0.15, 0.2) is 36.4 Å². The molecule has 0 spiro atoms. The van der Waals surface area contributed by atoms with E-state index >= 15 is 0 Å². The second-order valence-corrected chi connectivity index (χ2v) is 10.8. The molecule has 3 aliphatic rings. The summed E-state index contributed by atoms with van der Waals surface area (Å²) >= 11 is 0. The van der Waals surface area contributed by atoms with Gasteiger partial charge in [0.15, 0.2) is 0 Å². The Bertz CT molecular complexity index is 1130. The van der Waals surface area contributed by atoms with E-state index < -0.39 is 11.6 Å². The Balaban J connectivity index is 1.37. The molecule has 192 valence electrons. The van der Waals surface area contributed by atoms with Crippen LogP contribution in [0, 0.1) is 0 Å². The van der Waals surface area contributed by atoms with Crippen molar-refractivity contribution in [2.24, 2.45) is 0 Å². The molecule has 1 N–H and O–H groups in total. The zero-order chi connectivity index (χ0) is 25.3. The Kier molecular flexibility index (Phi) is 6.91. The molecule has 36 heavy (non-hydrogen) atoms. The lowest BCUT2D eigenvalue weighted by atomic mass is 9.88. The van der Waals surface area contributed by atoms with Gasteiger partial charge in [-0.2, -0.15) is 0 Å². The first kappa shape index (κ1) is 24.6. The van der Waals surface area contributed by atoms with Crippen LogP contribution in [0.2, 0.25) is 0 Å². The lowest BCUT2D eigenvalue weighted by Crippen LogP contribution is -2.53. The van der Waals surface area contributed by atoms with E-state index in [-0.39, 0.29) is 30.4 Å². The van der Waals surface area contributed by atoms with Crippen LogP contribution in [0.5, 0.6) is 5.75 Å². The third-order valence-electron chi connectivity index (χ3n) is 8.42. The van der Waals surface area contributed by atoms with Crippen LogP contribution in [0.3, 0.4) is 0 Å². The molecule has 1 heterocycles. The van der Waals surface area contributed by atoms with Crippen LogP contribution in [0.1, 0.15) is 76.7 Å². The summed E-state index contributed by atoms with van der Waals surface area (Å²) in [4.78, 5) is 43.6. The van der Waals surface area contributed by atoms with Crippen molar-refractivity contribution in [1.29, 1.82) is 0 Å². The van der Waals surface area contributed by atoms with Crippen LogP contribution in [0.4, 0.5) is 4.79 Å². The highest BCUT2D eigenvalue weighted by Crippen LogP contribution is 2.34. The molecule has 1 aliphatic heterocycles. The molecule has 0 aromatic heterocycles. The first-order chi connectivity index (χ1) is 17.4. The molecule has 5 rings (SSSR count). The van der Waals surface area contributed by atoms with E-state index in [4.69, 9.17) is 4.74 Å². The fourth-order valence-corrected chi connectivity index (χ4v) is 6.34. The fraction of sp³-hybridized carbons (Fsp3) is 0.552. The largest absolute Gasteiger partial charge is 0.497 e. The highest BCUT2D eigenvalue weighted by atomic mass is 16.5. The van der Waals surface area contributed by atoms with Crippen molar-refractivity contribution in [2.45, 2.75) is 88.8 Å². The van der Waals surface area contributed by atoms with E-state index in [0.29, 0.717) is 5.56 Å². The number of ether oxygens (including phenoxy) is 1. The number of carbonyl (C=O) groups excluding carboxylic acids is 3. The van der Waals surface area contributed by atoms with Gasteiger partial charge >= 0.3 is 6.03 Å². The van der Waals surface area contributed by atoms with Gasteiger partial charge in [-0.05, 0) is 67.1 Å². The van der Waals surface area contributed by atoms with Crippen molar-refractivity contribution in [3.05, 3.63) is 42.0 Å². The van der Waals surface area contributed by atoms with Crippen molar-refractivity contribution in [2.75, 3.05) is 13.7 Å². The predicted molar refractivity (Wildman–Crippen MR) is 139 cm³/mol. The summed E-state index contributed by atoms with van der Waals surface area (Å²) in [7, 11) is 1.63. The molecule has 0 bridgehead atoms. The van der Waals surface area contributed by atoms with E-state index in [1.807, 2.05) is 36.4 Å². The number of methoxy groups -OCH3 is 1. The highest BCUT2D eigenvalue weighted by Gasteiger charge is 2.50. The number of fused-ring (bicyclic) bond motifs is 1. The zero-order valence-electron chi connectivity index (χ0n) is 21.4. The minimum absolute atomic E-state index is 0.0906. The molecule has 7 heteroatoms. The zero-order valence-corrected chi connectivity index (χ0v) is 21.4. The van der Waals surface area contributed by atoms with Crippen LogP contribution in [0.25, 0.3) is 10.8 Å². The van der Waals surface area contributed by atoms with Gasteiger partial charge < -0.3 is 15.0 Å². The monoisotopic (exact) mass is 491 g/mol. The Morgan fingerprint density at radius 3 is 2.14 bits per heavy atom. The lowest BCUT2D eigenvalue weighted by molar-refractivity contribution is -0.143. The van der Waals surface area contributed by atoms with E-state index in [1.54, 1.807) is 14.0 Å². The van der Waals surface area contributed by atoms with Crippen LogP contribution in [-0.2, 0) is 15.1 Å². The van der Waals surface area contributed by atoms with Gasteiger partial charge in [0.05, 0.1) is 7.11 Å². The second kappa shape index (κ2) is 10.1. The topological polar surface area (TPSA) is 79.0 Å². The van der Waals surface area contributed by atoms with E-state index in [1.165, 1.54) is 12.8 Å². The SMILES string of the molecule is COc1ccc2cc(C3(C)NC(=O)N(CC(=O)N(C4CCCCC4)C4CCCCC4)C3=O)ccc2c1. The smallest absolute Gasteiger partial charge is 0.325 e. The Morgan fingerprint density at radius 1 is 0.944 bits per heavy atom. The maximum atomic E-state index is 13.7. The van der Waals surface area contributed by atoms with Gasteiger partial charge in [-0.25, -0.2) is 4.79 Å². The standard InChI is InChI=1S/C29H37N3O4/c1-29(22-15-13-21-18-25(36-2)16-14-20(21)17-22)27(34)31(28(35)30-29)19-26(33)32(23-9-5-3-6-10-23)24-11-7-4-8-12-24/h13-18,23-24H,3-12,19H2,1-2H3,(H,30,35). The Hall–Kier alpha value is -3.09. The number of benzene rings is 2. The first-order valence-corrected chi connectivity index (χ1v) is 13.4. The number of hydrogen-bond acceptors (Lipinski definition) is 4. The summed E-state index contributed by atoms with van der Waals surface area (Å²) in [6.45, 7) is 1.53. The molecule has 2 saturated carbocycles. The van der Waals surface area contributed by atoms with Gasteiger partial charge in [0.25, 0.3) is 5.91 Å². The van der Waals surface area contributed by atoms with Crippen LogP contribution in [-0.4, -0.2) is 53.4 Å². The molecular formula is C29H37N3O4. The number of rotatable bonds is 6. The van der Waals surface area contributed by atoms with Crippen LogP contribution >= 0.6 is 0 Å². The molecular weight excluding hydrogens is 454 g/mol. The lowest BCUT2D eigenvalue weighted by Gasteiger charge is -2.42. The average Bonchev–Trinajstić information content (AvgIpc) is 3.13. The summed E-state index contributed by atoms with van der Waals surface area (Å²) in [6.07, 6.45) is 11.0. The summed E-state index contributed by atoms with van der Waals surface area (Å²) in [5, 5.41) is 4.82. The van der Waals surface area contributed by atoms with Crippen LogP contribution < -0.4 is 10.1 Å². The molecule has 1 atom stereocenters. The first-order valence-electron chi connectivity index (χ1n) is 13.4. The van der Waals surface area contributed by atoms with Gasteiger partial charge in [0, 0.05) is 12.1 Å². The number of carbonyl (C=O) groups is 3. The second-order valence-electron chi connectivity index (χ2n) is 10.8. The molecule has 2 aliphatic carbocycles. The van der Waals surface area contributed by atoms with Gasteiger partial charge in [-0.1, -0.05) is 56.7 Å². The third-order valence-corrected chi connectivity index (χ3v) is 8.42. The van der Waals surface area contributed by atoms with Gasteiger partial charge in [-0.3, -0.25) is 14.5 Å². The normalized spacial score (nSPS) is 23.7. The third kappa shape index (κ3) is 4.56. The maximum Gasteiger partial charge on any atom is 0.325 e. The van der Waals surface area contributed by atoms with Gasteiger partial charge in [0.2, 0.25) is 5.91 Å². The van der Waals surface area contributed by atoms with Crippen molar-refractivity contribution in [1.82, 2.24) is 15.1 Å². The molecule has 7 nitrogen and oxygen atoms in total. The van der Waals surface area contributed by atoms with Crippen molar-refractivity contribution >= 4 is 28.6 Å². The molecule has 4 amide bonds. The van der Waals surface area contributed by atoms with Crippen molar-refractivity contribution in [3.63, 3.8) is 0 Å². The van der Waals surface area contributed by atoms with Crippen molar-refractivity contribution < 1.29 is 19.1 Å². The molecule has 2 aromatic carbocycles. The summed E-state index contributed by atoms with van der Waals surface area (Å²) in [5.41, 5.74) is -0.517. The Labute approximate surface area is 213 Å². The maximum absolute atomic E-state index is 13.7. The fourth-order valence-electron chi connectivity index (χ4n) is 6.34. The van der Waals surface area contributed by atoms with E-state index in [2.05, 4.69) is 10.2 Å². The quantitative estimate of drug-likeness (QED) is 0.570. The molecule has 3 fully saturated rings. The summed E-state index contributed by atoms with van der Waals surface area (Å²) in [5.74, 6) is 0.296. The van der Waals surface area contributed by atoms with E-state index in [9.17, 15) is 14.4 Å². The number of nitrogens with zero attached hydrogens (tertiary/aromatic N) is 2. The summed E-state index contributed by atoms with van der Waals surface area (Å²) in [6, 6.07) is 11.4. The molecule has 1 unspecified atom stereocenters. The van der Waals surface area contributed by atoms with Gasteiger partial charge in [-0.15, -0.1) is 0 Å². The summed E-state index contributed by atoms with van der Waals surface area (Å²) < 4.78 is 5.31. The van der Waals surface area contributed by atoms with E-state index in [0.717, 1.165) is 72.8 Å². The number of urea groups is 1. The molecule has 0 radical (unpaired) electrons. The highest BCUT2D eigenvalue weighted by molar-refractivity contribution is 6.09. The van der Waals surface area contributed by atoms with Gasteiger partial charge in [0.1, 0.15) is 17.8 Å². The number of amides is 4. The molecule has 1 saturated heterocycles. The predicted octanol–water partition coefficient (Wildman–Crippen LogP) is 5.11. The number of nitrogens with one attached hydrogen (secondary N) is 1.